The highest BCUT2D eigenvalue weighted by atomic mass is 16.6. The van der Waals surface area contributed by atoms with Gasteiger partial charge in [-0.05, 0) is 29.8 Å². The van der Waals surface area contributed by atoms with Gasteiger partial charge in [-0.1, -0.05) is 0 Å². The van der Waals surface area contributed by atoms with Gasteiger partial charge < -0.3 is 115 Å². The first-order valence-electron chi connectivity index (χ1n) is 25.2. The van der Waals surface area contributed by atoms with E-state index in [0.717, 1.165) is 0 Å². The predicted molar refractivity (Wildman–Crippen MR) is 263 cm³/mol. The molecule has 2 aliphatic carbocycles. The van der Waals surface area contributed by atoms with Crippen LogP contribution in [0.25, 0.3) is 22.3 Å². The molecule has 1 spiro atoms. The minimum atomic E-state index is -3.61. The molecule has 16 N–H and O–H groups in total. The number of aliphatic hydroxyl groups is 2. The number of phenols is 14. The number of fused-ring (bicyclic) bond motifs is 17. The first-order valence-corrected chi connectivity index (χ1v) is 25.2. The number of hydrogen-bond donors (Lipinski definition) is 16. The molecule has 5 aromatic carbocycles. The summed E-state index contributed by atoms with van der Waals surface area (Å²) in [7, 11) is 0. The van der Waals surface area contributed by atoms with E-state index in [-0.39, 0.29) is 6.07 Å². The first-order chi connectivity index (χ1) is 40.6. The summed E-state index contributed by atoms with van der Waals surface area (Å²) in [5, 5.41) is 185. The molecule has 5 aromatic rings. The Hall–Kier alpha value is -11.3. The number of carbonyl (C=O) groups excluding carboxylic acids is 8. The van der Waals surface area contributed by atoms with Crippen LogP contribution >= 0.6 is 0 Å². The predicted octanol–water partition coefficient (Wildman–Crippen LogP) is -0.125. The number of aromatic hydroxyl groups is 14. The van der Waals surface area contributed by atoms with Gasteiger partial charge in [0.05, 0.1) is 51.7 Å². The standard InChI is InChI=1S/C55H34O31/c56-13-6-14(57)24-26-27-30-31(55(47(27)72)46-12(5-20(62)54(46,79)53(78)86-55)41-18(61)1-8(13)42(24)82-41)29-28-25(38(69)40(71)39(29)70)23-11(4-17(60)34(65)37(23)68)49(74)81-19-7-80-48(73)9-2-15(58)32(63)35(66)21(9)22-10(3-16(59)33(64)36(22)67)50(75)83-43(19)45(85-51(28)76)44(26)84-52(30)77/h2-6,18-19,26,31,41,43-46,56-61,63-71,79H,1,7H2/t18-,19+,26+,31+,41+,43+,44+,45-,46+,54+,55-/m0/s1. The van der Waals surface area contributed by atoms with Gasteiger partial charge in [0.1, 0.15) is 30.0 Å². The number of ketones is 2. The summed E-state index contributed by atoms with van der Waals surface area (Å²) in [5.74, 6) is -44.7. The molecule has 31 heteroatoms. The number of carbonyl (C=O) groups is 8. The number of Topliss-reactive ketones (excluding diaryl/α,β-unsaturated/α-hetero) is 1. The maximum atomic E-state index is 16.6. The third-order valence-electron chi connectivity index (χ3n) is 17.2. The van der Waals surface area contributed by atoms with Gasteiger partial charge >= 0.3 is 35.8 Å². The fraction of sp³-hybridized carbons (Fsp3) is 0.236. The van der Waals surface area contributed by atoms with Crippen molar-refractivity contribution in [3.63, 3.8) is 0 Å². The number of aliphatic hydroxyl groups excluding tert-OH is 1. The number of rotatable bonds is 0. The van der Waals surface area contributed by atoms with E-state index in [1.54, 1.807) is 0 Å². The largest absolute Gasteiger partial charge is 0.507 e. The molecule has 440 valence electrons. The van der Waals surface area contributed by atoms with Crippen LogP contribution in [-0.2, 0) is 54.0 Å². The molecule has 1 saturated heterocycles. The third kappa shape index (κ3) is 6.13. The van der Waals surface area contributed by atoms with E-state index in [2.05, 4.69) is 0 Å². The van der Waals surface area contributed by atoms with Crippen molar-refractivity contribution in [3.8, 4) is 108 Å². The minimum absolute atomic E-state index is 0.287. The maximum Gasteiger partial charge on any atom is 0.348 e. The van der Waals surface area contributed by atoms with Gasteiger partial charge in [-0.25, -0.2) is 28.8 Å². The highest BCUT2D eigenvalue weighted by molar-refractivity contribution is 6.25. The number of cyclic esters (lactones) is 1. The Balaban J connectivity index is 1.16. The topological polar surface area (TPSA) is 525 Å². The summed E-state index contributed by atoms with van der Waals surface area (Å²) >= 11 is 0. The van der Waals surface area contributed by atoms with Crippen molar-refractivity contribution in [3.05, 3.63) is 86.0 Å². The van der Waals surface area contributed by atoms with Crippen molar-refractivity contribution in [2.45, 2.75) is 66.1 Å². The van der Waals surface area contributed by atoms with Crippen LogP contribution in [0.2, 0.25) is 0 Å². The summed E-state index contributed by atoms with van der Waals surface area (Å²) in [4.78, 5) is 122. The summed E-state index contributed by atoms with van der Waals surface area (Å²) in [6.07, 6.45) is -15.7. The van der Waals surface area contributed by atoms with Crippen LogP contribution in [0, 0.1) is 5.92 Å². The zero-order chi connectivity index (χ0) is 61.5. The molecule has 9 aliphatic rings. The Morgan fingerprint density at radius 3 is 1.62 bits per heavy atom. The lowest BCUT2D eigenvalue weighted by Crippen LogP contribution is -2.57. The van der Waals surface area contributed by atoms with Crippen molar-refractivity contribution in [1.29, 1.82) is 0 Å². The molecule has 8 bridgehead atoms. The quantitative estimate of drug-likeness (QED) is 0.0416. The molecule has 11 atom stereocenters. The van der Waals surface area contributed by atoms with Crippen LogP contribution in [0.4, 0.5) is 0 Å². The van der Waals surface area contributed by atoms with Gasteiger partial charge in [-0.3, -0.25) is 9.59 Å². The minimum Gasteiger partial charge on any atom is -0.507 e. The third-order valence-corrected chi connectivity index (χ3v) is 17.2. The normalized spacial score (nSPS) is 28.8. The Bertz CT molecular complexity index is 4320. The molecular weight excluding hydrogens is 1160 g/mol. The van der Waals surface area contributed by atoms with Crippen LogP contribution in [-0.4, -0.2) is 184 Å². The summed E-state index contributed by atoms with van der Waals surface area (Å²) < 4.78 is 42.1. The molecule has 14 rings (SSSR count). The molecule has 0 radical (unpaired) electrons. The highest BCUT2D eigenvalue weighted by Crippen LogP contribution is 2.70. The summed E-state index contributed by atoms with van der Waals surface area (Å²) in [6.45, 7) is -1.63. The second-order valence-corrected chi connectivity index (χ2v) is 21.3. The smallest absolute Gasteiger partial charge is 0.348 e. The summed E-state index contributed by atoms with van der Waals surface area (Å²) in [6, 6.07) is 1.60. The Morgan fingerprint density at radius 2 is 1.01 bits per heavy atom. The number of ether oxygens (including phenoxy) is 7. The molecular formula is C55H34O31. The van der Waals surface area contributed by atoms with Crippen molar-refractivity contribution in [2.24, 2.45) is 5.92 Å². The van der Waals surface area contributed by atoms with E-state index in [9.17, 15) is 96.1 Å². The second kappa shape index (κ2) is 16.7. The Labute approximate surface area is 472 Å². The number of benzene rings is 5. The van der Waals surface area contributed by atoms with Crippen LogP contribution in [0.5, 0.6) is 86.2 Å². The van der Waals surface area contributed by atoms with Gasteiger partial charge in [0.2, 0.25) is 34.4 Å². The lowest BCUT2D eigenvalue weighted by molar-refractivity contribution is -0.169. The van der Waals surface area contributed by atoms with E-state index in [1.807, 2.05) is 0 Å². The zero-order valence-corrected chi connectivity index (χ0v) is 42.3. The van der Waals surface area contributed by atoms with Gasteiger partial charge in [0.15, 0.2) is 81.8 Å². The van der Waals surface area contributed by atoms with Gasteiger partial charge in [0.25, 0.3) is 0 Å². The van der Waals surface area contributed by atoms with Crippen LogP contribution in [0.1, 0.15) is 70.0 Å². The van der Waals surface area contributed by atoms with Crippen molar-refractivity contribution in [1.82, 2.24) is 0 Å². The molecule has 0 unspecified atom stereocenters. The van der Waals surface area contributed by atoms with Crippen molar-refractivity contribution < 1.29 is 153 Å². The van der Waals surface area contributed by atoms with Gasteiger partial charge in [0, 0.05) is 57.0 Å². The molecule has 7 heterocycles. The zero-order valence-electron chi connectivity index (χ0n) is 42.3. The highest BCUT2D eigenvalue weighted by Gasteiger charge is 2.82. The Morgan fingerprint density at radius 1 is 0.477 bits per heavy atom. The average molecular weight is 1190 g/mol. The monoisotopic (exact) mass is 1190 g/mol. The first kappa shape index (κ1) is 52.7. The van der Waals surface area contributed by atoms with Gasteiger partial charge in [-0.2, -0.15) is 0 Å². The molecule has 1 fully saturated rings. The van der Waals surface area contributed by atoms with E-state index in [1.165, 1.54) is 0 Å². The fourth-order valence-electron chi connectivity index (χ4n) is 13.6. The van der Waals surface area contributed by atoms with E-state index in [0.29, 0.717) is 24.3 Å². The maximum absolute atomic E-state index is 16.6. The van der Waals surface area contributed by atoms with Crippen molar-refractivity contribution in [2.75, 3.05) is 6.61 Å². The molecule has 7 aliphatic heterocycles. The Kier molecular flexibility index (Phi) is 10.2. The molecule has 0 amide bonds. The van der Waals surface area contributed by atoms with Crippen molar-refractivity contribution >= 4 is 47.4 Å². The molecule has 0 aromatic heterocycles. The van der Waals surface area contributed by atoms with E-state index in [4.69, 9.17) is 33.2 Å². The fourth-order valence-corrected chi connectivity index (χ4v) is 13.6. The molecule has 31 nitrogen and oxygen atoms in total. The van der Waals surface area contributed by atoms with Crippen LogP contribution < -0.4 is 4.74 Å². The SMILES string of the molecule is O=C1O[C@H]2[C@H]3OC(=O)c4c(c(O)c(O)c(O)c4[C@@H]4C1=C1C(=O)[C@]45OC(=O)[C@@]4(O)C(=O)C=C([C@H]6Oc7c(c(O)cc(O)c7[C@H]12)C[C@@H]6O)[C@H]45)-c1c(cc(O)c(O)c1O)C(=O)O[C@@H]1COC(=O)c2cc(O)c(O)c(O)c2-c2c(cc(O)c(O)c2O)C(=O)O[C@@H]31. The van der Waals surface area contributed by atoms with Gasteiger partial charge in [-0.15, -0.1) is 0 Å². The lowest BCUT2D eigenvalue weighted by Gasteiger charge is -2.43. The number of phenolic OH excluding ortho intramolecular Hbond substituents is 14. The number of hydrogen-bond acceptors (Lipinski definition) is 31. The summed E-state index contributed by atoms with van der Waals surface area (Å²) in [5.41, 5.74) is -23.5. The van der Waals surface area contributed by atoms with Crippen LogP contribution in [0.3, 0.4) is 0 Å². The van der Waals surface area contributed by atoms with Crippen LogP contribution in [0.15, 0.2) is 47.1 Å². The molecule has 0 saturated carbocycles. The molecule has 86 heavy (non-hydrogen) atoms. The van der Waals surface area contributed by atoms with E-state index < -0.39 is 290 Å². The number of esters is 6. The lowest BCUT2D eigenvalue weighted by atomic mass is 9.64. The van der Waals surface area contributed by atoms with E-state index >= 15 is 24.0 Å². The average Bonchev–Trinajstić information content (AvgIpc) is 1.66. The second-order valence-electron chi connectivity index (χ2n) is 21.3.